The van der Waals surface area contributed by atoms with Crippen LogP contribution in [0.1, 0.15) is 11.1 Å². The van der Waals surface area contributed by atoms with Gasteiger partial charge in [0.05, 0.1) is 5.52 Å². The fraction of sp³-hybridized carbons (Fsp3) is 0.136. The van der Waals surface area contributed by atoms with Gasteiger partial charge in [-0.25, -0.2) is 0 Å². The highest BCUT2D eigenvalue weighted by atomic mass is 79.9. The van der Waals surface area contributed by atoms with Crippen molar-refractivity contribution < 1.29 is 0 Å². The molecule has 0 aliphatic rings. The summed E-state index contributed by atoms with van der Waals surface area (Å²) in [6.45, 7) is 0.565. The largest absolute Gasteiger partial charge is 0.275 e. The smallest absolute Gasteiger partial charge is 0.272 e. The molecule has 5 rings (SSSR count). The van der Waals surface area contributed by atoms with Crippen LogP contribution >= 0.6 is 39.0 Å². The van der Waals surface area contributed by atoms with Crippen LogP contribution in [0.15, 0.2) is 80.5 Å². The van der Waals surface area contributed by atoms with Gasteiger partial charge >= 0.3 is 0 Å². The van der Waals surface area contributed by atoms with Gasteiger partial charge in [0, 0.05) is 16.8 Å². The zero-order valence-electron chi connectivity index (χ0n) is 15.9. The number of benzene rings is 2. The molecule has 0 N–H and O–H groups in total. The molecule has 0 amide bonds. The van der Waals surface area contributed by atoms with Gasteiger partial charge in [-0.05, 0) is 41.1 Å². The Morgan fingerprint density at radius 2 is 1.77 bits per heavy atom. The van der Waals surface area contributed by atoms with E-state index in [-0.39, 0.29) is 5.56 Å². The quantitative estimate of drug-likeness (QED) is 0.295. The van der Waals surface area contributed by atoms with Crippen LogP contribution in [0.2, 0.25) is 0 Å². The first-order valence-electron chi connectivity index (χ1n) is 9.47. The Kier molecular flexibility index (Phi) is 5.45. The lowest BCUT2D eigenvalue weighted by molar-refractivity contribution is 0.678. The van der Waals surface area contributed by atoms with Crippen molar-refractivity contribution in [3.63, 3.8) is 0 Å². The molecule has 5 nitrogen and oxygen atoms in total. The van der Waals surface area contributed by atoms with Crippen LogP contribution in [-0.4, -0.2) is 19.2 Å². The molecule has 0 unspecified atom stereocenters. The molecule has 150 valence electrons. The van der Waals surface area contributed by atoms with E-state index < -0.39 is 0 Å². The molecule has 0 aliphatic carbocycles. The fourth-order valence-corrected chi connectivity index (χ4v) is 5.39. The Balaban J connectivity index is 1.53. The van der Waals surface area contributed by atoms with Crippen molar-refractivity contribution in [2.24, 2.45) is 0 Å². The third-order valence-corrected chi connectivity index (χ3v) is 7.35. The molecule has 0 bridgehead atoms. The number of fused-ring (bicyclic) bond motifs is 3. The molecule has 3 heterocycles. The molecular weight excluding hydrogens is 480 g/mol. The SMILES string of the molecule is O=c1c2sccc2n2c(SCc3ccc(Br)cc3)nnc2n1CCc1ccccc1. The van der Waals surface area contributed by atoms with E-state index in [1.54, 1.807) is 16.3 Å². The normalized spacial score (nSPS) is 11.5. The predicted octanol–water partition coefficient (Wildman–Crippen LogP) is 5.40. The van der Waals surface area contributed by atoms with Crippen molar-refractivity contribution in [3.8, 4) is 0 Å². The third-order valence-electron chi connectivity index (χ3n) is 4.93. The predicted molar refractivity (Wildman–Crippen MR) is 126 cm³/mol. The summed E-state index contributed by atoms with van der Waals surface area (Å²) in [5.41, 5.74) is 3.27. The van der Waals surface area contributed by atoms with E-state index in [9.17, 15) is 4.79 Å². The number of halogens is 1. The highest BCUT2D eigenvalue weighted by molar-refractivity contribution is 9.10. The second-order valence-corrected chi connectivity index (χ2v) is 9.63. The maximum absolute atomic E-state index is 13.1. The number of thiophene rings is 1. The summed E-state index contributed by atoms with van der Waals surface area (Å²) in [5, 5.41) is 11.6. The van der Waals surface area contributed by atoms with E-state index in [0.29, 0.717) is 12.3 Å². The molecule has 0 aliphatic heterocycles. The van der Waals surface area contributed by atoms with E-state index in [1.165, 1.54) is 22.5 Å². The molecule has 8 heteroatoms. The summed E-state index contributed by atoms with van der Waals surface area (Å²) in [4.78, 5) is 13.1. The van der Waals surface area contributed by atoms with Crippen LogP contribution in [0.5, 0.6) is 0 Å². The van der Waals surface area contributed by atoms with E-state index in [4.69, 9.17) is 0 Å². The Hall–Kier alpha value is -2.42. The van der Waals surface area contributed by atoms with Crippen LogP contribution < -0.4 is 5.56 Å². The van der Waals surface area contributed by atoms with E-state index in [0.717, 1.165) is 32.0 Å². The van der Waals surface area contributed by atoms with Crippen LogP contribution in [0, 0.1) is 0 Å². The second kappa shape index (κ2) is 8.37. The monoisotopic (exact) mass is 496 g/mol. The summed E-state index contributed by atoms with van der Waals surface area (Å²) in [6, 6.07) is 20.4. The van der Waals surface area contributed by atoms with Gasteiger partial charge in [0.2, 0.25) is 5.78 Å². The summed E-state index contributed by atoms with van der Waals surface area (Å²) in [5.74, 6) is 1.38. The van der Waals surface area contributed by atoms with Crippen LogP contribution in [0.4, 0.5) is 0 Å². The van der Waals surface area contributed by atoms with Crippen molar-refractivity contribution in [2.45, 2.75) is 23.9 Å². The van der Waals surface area contributed by atoms with Crippen molar-refractivity contribution in [1.82, 2.24) is 19.2 Å². The van der Waals surface area contributed by atoms with E-state index >= 15 is 0 Å². The molecule has 0 radical (unpaired) electrons. The molecule has 2 aromatic carbocycles. The van der Waals surface area contributed by atoms with Crippen LogP contribution in [0.3, 0.4) is 0 Å². The molecule has 3 aromatic heterocycles. The first-order chi connectivity index (χ1) is 14.7. The number of thioether (sulfide) groups is 1. The molecule has 0 fully saturated rings. The minimum Gasteiger partial charge on any atom is -0.275 e. The summed E-state index contributed by atoms with van der Waals surface area (Å²) in [7, 11) is 0. The Bertz CT molecular complexity index is 1370. The summed E-state index contributed by atoms with van der Waals surface area (Å²) < 4.78 is 5.57. The average Bonchev–Trinajstić information content (AvgIpc) is 3.41. The first-order valence-corrected chi connectivity index (χ1v) is 12.1. The average molecular weight is 497 g/mol. The maximum atomic E-state index is 13.1. The van der Waals surface area contributed by atoms with Gasteiger partial charge in [0.25, 0.3) is 5.56 Å². The van der Waals surface area contributed by atoms with E-state index in [2.05, 4.69) is 50.4 Å². The number of aromatic nitrogens is 4. The molecular formula is C22H17BrN4OS2. The number of aryl methyl sites for hydroxylation is 2. The molecule has 30 heavy (non-hydrogen) atoms. The highest BCUT2D eigenvalue weighted by Gasteiger charge is 2.17. The molecule has 0 saturated heterocycles. The summed E-state index contributed by atoms with van der Waals surface area (Å²) in [6.07, 6.45) is 0.765. The van der Waals surface area contributed by atoms with Gasteiger partial charge in [-0.15, -0.1) is 21.5 Å². The minimum absolute atomic E-state index is 0.000269. The zero-order valence-corrected chi connectivity index (χ0v) is 19.1. The Morgan fingerprint density at radius 1 is 0.967 bits per heavy atom. The van der Waals surface area contributed by atoms with E-state index in [1.807, 2.05) is 46.2 Å². The Labute approximate surface area is 189 Å². The van der Waals surface area contributed by atoms with Gasteiger partial charge in [0.15, 0.2) is 5.16 Å². The Morgan fingerprint density at radius 3 is 2.57 bits per heavy atom. The fourth-order valence-electron chi connectivity index (χ4n) is 3.41. The number of nitrogens with zero attached hydrogens (tertiary/aromatic N) is 4. The minimum atomic E-state index is 0.000269. The van der Waals surface area contributed by atoms with Crippen LogP contribution in [-0.2, 0) is 18.7 Å². The number of hydrogen-bond donors (Lipinski definition) is 0. The molecule has 5 aromatic rings. The van der Waals surface area contributed by atoms with Crippen molar-refractivity contribution >= 4 is 55.0 Å². The maximum Gasteiger partial charge on any atom is 0.272 e. The lowest BCUT2D eigenvalue weighted by Gasteiger charge is -2.09. The van der Waals surface area contributed by atoms with Crippen molar-refractivity contribution in [1.29, 1.82) is 0 Å². The van der Waals surface area contributed by atoms with Gasteiger partial charge in [-0.3, -0.25) is 13.8 Å². The third kappa shape index (κ3) is 3.71. The van der Waals surface area contributed by atoms with Gasteiger partial charge < -0.3 is 0 Å². The zero-order chi connectivity index (χ0) is 20.5. The molecule has 0 spiro atoms. The lowest BCUT2D eigenvalue weighted by Crippen LogP contribution is -2.23. The number of rotatable bonds is 6. The lowest BCUT2D eigenvalue weighted by atomic mass is 10.1. The van der Waals surface area contributed by atoms with Crippen molar-refractivity contribution in [2.75, 3.05) is 0 Å². The van der Waals surface area contributed by atoms with Gasteiger partial charge in [-0.1, -0.05) is 70.2 Å². The van der Waals surface area contributed by atoms with Gasteiger partial charge in [-0.2, -0.15) is 0 Å². The highest BCUT2D eigenvalue weighted by Crippen LogP contribution is 2.27. The first kappa shape index (κ1) is 19.5. The van der Waals surface area contributed by atoms with Crippen LogP contribution in [0.25, 0.3) is 16.0 Å². The standard InChI is InChI=1S/C22H17BrN4OS2/c23-17-8-6-16(7-9-17)14-30-22-25-24-21-26(12-10-15-4-2-1-3-5-15)20(28)19-18(27(21)22)11-13-29-19/h1-9,11,13H,10,12,14H2. The molecule has 0 atom stereocenters. The molecule has 0 saturated carbocycles. The second-order valence-electron chi connectivity index (χ2n) is 6.86. The topological polar surface area (TPSA) is 52.2 Å². The number of hydrogen-bond acceptors (Lipinski definition) is 5. The van der Waals surface area contributed by atoms with Gasteiger partial charge in [0.1, 0.15) is 4.70 Å². The summed E-state index contributed by atoms with van der Waals surface area (Å²) >= 11 is 6.57. The van der Waals surface area contributed by atoms with Crippen molar-refractivity contribution in [3.05, 3.63) is 92.0 Å².